The zero-order chi connectivity index (χ0) is 10.2. The second kappa shape index (κ2) is 3.37. The summed E-state index contributed by atoms with van der Waals surface area (Å²) in [5.74, 6) is 0.450. The number of benzene rings is 1. The minimum Gasteiger partial charge on any atom is -0.385 e. The molecule has 0 aliphatic heterocycles. The molecule has 1 saturated carbocycles. The Balaban J connectivity index is 2.23. The SMILES string of the molecule is CC(O)(c1ccc(CN)cc1)C1CC1. The van der Waals surface area contributed by atoms with Crippen LogP contribution in [0.5, 0.6) is 0 Å². The predicted molar refractivity (Wildman–Crippen MR) is 56.6 cm³/mol. The molecule has 1 aromatic rings. The molecule has 2 nitrogen and oxygen atoms in total. The summed E-state index contributed by atoms with van der Waals surface area (Å²) in [6.45, 7) is 2.47. The average Bonchev–Trinajstić information content (AvgIpc) is 3.01. The van der Waals surface area contributed by atoms with Gasteiger partial charge in [0.15, 0.2) is 0 Å². The van der Waals surface area contributed by atoms with Crippen molar-refractivity contribution in [2.24, 2.45) is 11.7 Å². The van der Waals surface area contributed by atoms with Crippen LogP contribution < -0.4 is 5.73 Å². The van der Waals surface area contributed by atoms with Crippen LogP contribution in [0.1, 0.15) is 30.9 Å². The smallest absolute Gasteiger partial charge is 0.0896 e. The third kappa shape index (κ3) is 1.68. The molecule has 14 heavy (non-hydrogen) atoms. The summed E-state index contributed by atoms with van der Waals surface area (Å²) in [7, 11) is 0. The van der Waals surface area contributed by atoms with E-state index in [2.05, 4.69) is 0 Å². The molecule has 0 aromatic heterocycles. The molecule has 0 saturated heterocycles. The highest BCUT2D eigenvalue weighted by molar-refractivity contribution is 5.28. The topological polar surface area (TPSA) is 46.2 Å². The fourth-order valence-corrected chi connectivity index (χ4v) is 1.86. The van der Waals surface area contributed by atoms with Crippen molar-refractivity contribution >= 4 is 0 Å². The van der Waals surface area contributed by atoms with Crippen LogP contribution in [-0.4, -0.2) is 5.11 Å². The Labute approximate surface area is 84.7 Å². The first-order valence-corrected chi connectivity index (χ1v) is 5.16. The van der Waals surface area contributed by atoms with Crippen LogP contribution >= 0.6 is 0 Å². The monoisotopic (exact) mass is 191 g/mol. The number of hydrogen-bond acceptors (Lipinski definition) is 2. The fourth-order valence-electron chi connectivity index (χ4n) is 1.86. The molecule has 1 aliphatic rings. The highest BCUT2D eigenvalue weighted by atomic mass is 16.3. The summed E-state index contributed by atoms with van der Waals surface area (Å²) in [6.07, 6.45) is 2.29. The number of rotatable bonds is 3. The van der Waals surface area contributed by atoms with Crippen LogP contribution in [0.3, 0.4) is 0 Å². The summed E-state index contributed by atoms with van der Waals surface area (Å²) in [4.78, 5) is 0. The van der Waals surface area contributed by atoms with E-state index in [0.29, 0.717) is 12.5 Å². The maximum atomic E-state index is 10.3. The second-order valence-electron chi connectivity index (χ2n) is 4.32. The van der Waals surface area contributed by atoms with Crippen LogP contribution in [0.25, 0.3) is 0 Å². The first-order valence-electron chi connectivity index (χ1n) is 5.16. The van der Waals surface area contributed by atoms with Gasteiger partial charge in [-0.3, -0.25) is 0 Å². The molecule has 2 heteroatoms. The minimum absolute atomic E-state index is 0.450. The molecule has 0 bridgehead atoms. The lowest BCUT2D eigenvalue weighted by molar-refractivity contribution is 0.0331. The quantitative estimate of drug-likeness (QED) is 0.764. The van der Waals surface area contributed by atoms with Gasteiger partial charge in [-0.25, -0.2) is 0 Å². The Morgan fingerprint density at radius 3 is 2.36 bits per heavy atom. The fraction of sp³-hybridized carbons (Fsp3) is 0.500. The van der Waals surface area contributed by atoms with E-state index in [1.54, 1.807) is 0 Å². The normalized spacial score (nSPS) is 20.5. The van der Waals surface area contributed by atoms with Gasteiger partial charge in [0.05, 0.1) is 5.60 Å². The van der Waals surface area contributed by atoms with Crippen molar-refractivity contribution in [3.8, 4) is 0 Å². The van der Waals surface area contributed by atoms with E-state index in [4.69, 9.17) is 5.73 Å². The van der Waals surface area contributed by atoms with Crippen molar-refractivity contribution in [1.29, 1.82) is 0 Å². The van der Waals surface area contributed by atoms with Gasteiger partial charge in [-0.1, -0.05) is 24.3 Å². The van der Waals surface area contributed by atoms with Crippen LogP contribution in [0.15, 0.2) is 24.3 Å². The number of hydrogen-bond donors (Lipinski definition) is 2. The minimum atomic E-state index is -0.646. The van der Waals surface area contributed by atoms with Gasteiger partial charge < -0.3 is 10.8 Å². The van der Waals surface area contributed by atoms with Crippen LogP contribution in [-0.2, 0) is 12.1 Å². The molecule has 0 spiro atoms. The van der Waals surface area contributed by atoms with Crippen molar-refractivity contribution in [2.45, 2.75) is 31.9 Å². The Hall–Kier alpha value is -0.860. The standard InChI is InChI=1S/C12H17NO/c1-12(14,11-6-7-11)10-4-2-9(8-13)3-5-10/h2-5,11,14H,6-8,13H2,1H3. The largest absolute Gasteiger partial charge is 0.385 e. The summed E-state index contributed by atoms with van der Waals surface area (Å²) in [5.41, 5.74) is 7.00. The molecule has 1 unspecified atom stereocenters. The van der Waals surface area contributed by atoms with Crippen molar-refractivity contribution < 1.29 is 5.11 Å². The van der Waals surface area contributed by atoms with Crippen molar-refractivity contribution in [3.05, 3.63) is 35.4 Å². The van der Waals surface area contributed by atoms with E-state index in [9.17, 15) is 5.11 Å². The Morgan fingerprint density at radius 1 is 1.36 bits per heavy atom. The van der Waals surface area contributed by atoms with E-state index in [1.165, 1.54) is 0 Å². The van der Waals surface area contributed by atoms with Crippen molar-refractivity contribution in [1.82, 2.24) is 0 Å². The van der Waals surface area contributed by atoms with E-state index >= 15 is 0 Å². The Morgan fingerprint density at radius 2 is 1.93 bits per heavy atom. The molecule has 3 N–H and O–H groups in total. The molecular weight excluding hydrogens is 174 g/mol. The number of nitrogens with two attached hydrogens (primary N) is 1. The van der Waals surface area contributed by atoms with Gasteiger partial charge in [0, 0.05) is 6.54 Å². The summed E-state index contributed by atoms with van der Waals surface area (Å²) >= 11 is 0. The van der Waals surface area contributed by atoms with Crippen molar-refractivity contribution in [3.63, 3.8) is 0 Å². The molecule has 0 radical (unpaired) electrons. The molecule has 0 heterocycles. The van der Waals surface area contributed by atoms with Crippen molar-refractivity contribution in [2.75, 3.05) is 0 Å². The number of aliphatic hydroxyl groups is 1. The summed E-state index contributed by atoms with van der Waals surface area (Å²) < 4.78 is 0. The maximum absolute atomic E-state index is 10.3. The van der Waals surface area contributed by atoms with Gasteiger partial charge in [0.2, 0.25) is 0 Å². The van der Waals surface area contributed by atoms with Gasteiger partial charge in [-0.05, 0) is 36.8 Å². The lowest BCUT2D eigenvalue weighted by atomic mass is 9.90. The molecule has 0 amide bonds. The van der Waals surface area contributed by atoms with Crippen LogP contribution in [0.4, 0.5) is 0 Å². The molecular formula is C12H17NO. The van der Waals surface area contributed by atoms with Gasteiger partial charge >= 0.3 is 0 Å². The molecule has 76 valence electrons. The van der Waals surface area contributed by atoms with E-state index < -0.39 is 5.60 Å². The van der Waals surface area contributed by atoms with E-state index in [-0.39, 0.29) is 0 Å². The highest BCUT2D eigenvalue weighted by Crippen LogP contribution is 2.45. The summed E-state index contributed by atoms with van der Waals surface area (Å²) in [5, 5.41) is 10.3. The second-order valence-corrected chi connectivity index (χ2v) is 4.32. The predicted octanol–water partition coefficient (Wildman–Crippen LogP) is 1.76. The van der Waals surface area contributed by atoms with E-state index in [0.717, 1.165) is 24.0 Å². The van der Waals surface area contributed by atoms with Crippen LogP contribution in [0, 0.1) is 5.92 Å². The maximum Gasteiger partial charge on any atom is 0.0896 e. The molecule has 1 aliphatic carbocycles. The highest BCUT2D eigenvalue weighted by Gasteiger charge is 2.40. The molecule has 2 rings (SSSR count). The third-order valence-electron chi connectivity index (χ3n) is 3.15. The zero-order valence-electron chi connectivity index (χ0n) is 8.53. The molecule has 1 aromatic carbocycles. The average molecular weight is 191 g/mol. The first-order chi connectivity index (χ1) is 6.64. The zero-order valence-corrected chi connectivity index (χ0v) is 8.53. The van der Waals surface area contributed by atoms with Crippen LogP contribution in [0.2, 0.25) is 0 Å². The summed E-state index contributed by atoms with van der Waals surface area (Å²) in [6, 6.07) is 7.96. The Kier molecular flexibility index (Phi) is 2.33. The van der Waals surface area contributed by atoms with Gasteiger partial charge in [0.25, 0.3) is 0 Å². The van der Waals surface area contributed by atoms with Gasteiger partial charge in [-0.2, -0.15) is 0 Å². The third-order valence-corrected chi connectivity index (χ3v) is 3.15. The molecule has 1 fully saturated rings. The lowest BCUT2D eigenvalue weighted by Crippen LogP contribution is -2.23. The lowest BCUT2D eigenvalue weighted by Gasteiger charge is -2.23. The van der Waals surface area contributed by atoms with E-state index in [1.807, 2.05) is 31.2 Å². The van der Waals surface area contributed by atoms with Gasteiger partial charge in [-0.15, -0.1) is 0 Å². The van der Waals surface area contributed by atoms with Gasteiger partial charge in [0.1, 0.15) is 0 Å². The Bertz CT molecular complexity index is 312. The first kappa shape index (κ1) is 9.69. The molecule has 1 atom stereocenters.